The molecule has 2 aromatic rings. The highest BCUT2D eigenvalue weighted by Gasteiger charge is 2.21. The Morgan fingerprint density at radius 3 is 2.82 bits per heavy atom. The van der Waals surface area contributed by atoms with Gasteiger partial charge in [0.2, 0.25) is 5.91 Å². The second-order valence-corrected chi connectivity index (χ2v) is 5.88. The van der Waals surface area contributed by atoms with Crippen LogP contribution in [0.1, 0.15) is 16.7 Å². The smallest absolute Gasteiger partial charge is 0.227 e. The summed E-state index contributed by atoms with van der Waals surface area (Å²) in [7, 11) is 1.67. The molecule has 1 heterocycles. The lowest BCUT2D eigenvalue weighted by molar-refractivity contribution is -0.131. The van der Waals surface area contributed by atoms with E-state index < -0.39 is 0 Å². The van der Waals surface area contributed by atoms with Gasteiger partial charge in [0, 0.05) is 18.1 Å². The van der Waals surface area contributed by atoms with Crippen LogP contribution < -0.4 is 4.74 Å². The Bertz CT molecular complexity index is 699. The van der Waals surface area contributed by atoms with Gasteiger partial charge in [0.05, 0.1) is 13.5 Å². The fourth-order valence-electron chi connectivity index (χ4n) is 2.79. The lowest BCUT2D eigenvalue weighted by Crippen LogP contribution is -2.36. The molecule has 1 amide bonds. The van der Waals surface area contributed by atoms with Crippen molar-refractivity contribution in [3.05, 3.63) is 64.2 Å². The van der Waals surface area contributed by atoms with E-state index in [4.69, 9.17) is 16.3 Å². The van der Waals surface area contributed by atoms with Gasteiger partial charge in [0.25, 0.3) is 0 Å². The number of ether oxygens (including phenoxy) is 1. The van der Waals surface area contributed by atoms with E-state index in [2.05, 4.69) is 6.07 Å². The Kier molecular flexibility index (Phi) is 4.34. The van der Waals surface area contributed by atoms with Gasteiger partial charge in [-0.1, -0.05) is 35.9 Å². The van der Waals surface area contributed by atoms with Gasteiger partial charge >= 0.3 is 0 Å². The number of amides is 1. The summed E-state index contributed by atoms with van der Waals surface area (Å²) in [5.74, 6) is 0.990. The summed E-state index contributed by atoms with van der Waals surface area (Å²) in [6.45, 7) is 1.39. The Hall–Kier alpha value is -2.00. The molecular formula is C18H18ClNO2. The Morgan fingerprint density at radius 2 is 2.05 bits per heavy atom. The number of benzene rings is 2. The minimum absolute atomic E-state index is 0.120. The number of rotatable bonds is 3. The van der Waals surface area contributed by atoms with E-state index >= 15 is 0 Å². The van der Waals surface area contributed by atoms with E-state index in [0.29, 0.717) is 18.0 Å². The second kappa shape index (κ2) is 6.41. The van der Waals surface area contributed by atoms with E-state index in [-0.39, 0.29) is 5.91 Å². The van der Waals surface area contributed by atoms with Crippen LogP contribution in [0.4, 0.5) is 0 Å². The highest BCUT2D eigenvalue weighted by atomic mass is 35.5. The van der Waals surface area contributed by atoms with E-state index in [0.717, 1.165) is 24.3 Å². The van der Waals surface area contributed by atoms with E-state index in [9.17, 15) is 4.79 Å². The standard InChI is InChI=1S/C18H18ClNO2/c1-22-16-7-6-15-12-20(9-8-13(15)10-16)18(21)11-14-4-2-3-5-17(14)19/h2-7,10H,8-9,11-12H2,1H3. The van der Waals surface area contributed by atoms with Crippen LogP contribution in [0.15, 0.2) is 42.5 Å². The number of carbonyl (C=O) groups excluding carboxylic acids is 1. The molecule has 3 rings (SSSR count). The quantitative estimate of drug-likeness (QED) is 0.868. The largest absolute Gasteiger partial charge is 0.497 e. The molecule has 0 radical (unpaired) electrons. The molecule has 114 valence electrons. The van der Waals surface area contributed by atoms with Crippen LogP contribution in [-0.2, 0) is 24.2 Å². The molecular weight excluding hydrogens is 298 g/mol. The first-order valence-corrected chi connectivity index (χ1v) is 7.72. The zero-order valence-electron chi connectivity index (χ0n) is 12.5. The lowest BCUT2D eigenvalue weighted by atomic mass is 9.99. The summed E-state index contributed by atoms with van der Waals surface area (Å²) < 4.78 is 5.25. The maximum Gasteiger partial charge on any atom is 0.227 e. The molecule has 0 saturated carbocycles. The molecule has 0 fully saturated rings. The molecule has 0 N–H and O–H groups in total. The summed E-state index contributed by atoms with van der Waals surface area (Å²) in [6, 6.07) is 13.6. The molecule has 0 aromatic heterocycles. The highest BCUT2D eigenvalue weighted by molar-refractivity contribution is 6.31. The van der Waals surface area contributed by atoms with Crippen molar-refractivity contribution in [1.29, 1.82) is 0 Å². The van der Waals surface area contributed by atoms with Gasteiger partial charge in [-0.3, -0.25) is 4.79 Å². The van der Waals surface area contributed by atoms with Crippen molar-refractivity contribution in [2.45, 2.75) is 19.4 Å². The van der Waals surface area contributed by atoms with Crippen molar-refractivity contribution in [2.75, 3.05) is 13.7 Å². The fraction of sp³-hybridized carbons (Fsp3) is 0.278. The van der Waals surface area contributed by atoms with Crippen molar-refractivity contribution in [3.8, 4) is 5.75 Å². The average molecular weight is 316 g/mol. The van der Waals surface area contributed by atoms with E-state index in [1.54, 1.807) is 7.11 Å². The van der Waals surface area contributed by atoms with Crippen LogP contribution in [0.2, 0.25) is 5.02 Å². The van der Waals surface area contributed by atoms with Gasteiger partial charge in [0.15, 0.2) is 0 Å². The van der Waals surface area contributed by atoms with Crippen LogP contribution in [0.5, 0.6) is 5.75 Å². The topological polar surface area (TPSA) is 29.5 Å². The molecule has 22 heavy (non-hydrogen) atoms. The van der Waals surface area contributed by atoms with Crippen molar-refractivity contribution >= 4 is 17.5 Å². The molecule has 0 aliphatic carbocycles. The van der Waals surface area contributed by atoms with Gasteiger partial charge < -0.3 is 9.64 Å². The third kappa shape index (κ3) is 3.09. The van der Waals surface area contributed by atoms with Crippen LogP contribution in [0, 0.1) is 0 Å². The Balaban J connectivity index is 1.71. The molecule has 0 bridgehead atoms. The highest BCUT2D eigenvalue weighted by Crippen LogP contribution is 2.24. The monoisotopic (exact) mass is 315 g/mol. The SMILES string of the molecule is COc1ccc2c(c1)CCN(C(=O)Cc1ccccc1Cl)C2. The Labute approximate surface area is 135 Å². The first-order valence-electron chi connectivity index (χ1n) is 7.34. The summed E-state index contributed by atoms with van der Waals surface area (Å²) in [5, 5.41) is 0.651. The number of nitrogens with zero attached hydrogens (tertiary/aromatic N) is 1. The molecule has 1 aliphatic rings. The third-order valence-corrected chi connectivity index (χ3v) is 4.45. The zero-order valence-corrected chi connectivity index (χ0v) is 13.3. The average Bonchev–Trinajstić information content (AvgIpc) is 2.56. The van der Waals surface area contributed by atoms with Crippen LogP contribution in [0.25, 0.3) is 0 Å². The fourth-order valence-corrected chi connectivity index (χ4v) is 2.99. The summed E-state index contributed by atoms with van der Waals surface area (Å²) in [5.41, 5.74) is 3.34. The number of hydrogen-bond acceptors (Lipinski definition) is 2. The molecule has 3 nitrogen and oxygen atoms in total. The van der Waals surface area contributed by atoms with Gasteiger partial charge in [-0.05, 0) is 41.3 Å². The molecule has 1 aliphatic heterocycles. The first kappa shape index (κ1) is 14.9. The molecule has 0 atom stereocenters. The normalized spacial score (nSPS) is 13.6. The van der Waals surface area contributed by atoms with Crippen LogP contribution >= 0.6 is 11.6 Å². The lowest BCUT2D eigenvalue weighted by Gasteiger charge is -2.29. The van der Waals surface area contributed by atoms with Crippen molar-refractivity contribution in [2.24, 2.45) is 0 Å². The maximum atomic E-state index is 12.5. The number of fused-ring (bicyclic) bond motifs is 1. The molecule has 2 aromatic carbocycles. The Morgan fingerprint density at radius 1 is 1.23 bits per heavy atom. The third-order valence-electron chi connectivity index (χ3n) is 4.08. The zero-order chi connectivity index (χ0) is 15.5. The first-order chi connectivity index (χ1) is 10.7. The van der Waals surface area contributed by atoms with Gasteiger partial charge in [-0.2, -0.15) is 0 Å². The van der Waals surface area contributed by atoms with Crippen molar-refractivity contribution < 1.29 is 9.53 Å². The number of halogens is 1. The predicted molar refractivity (Wildman–Crippen MR) is 87.3 cm³/mol. The number of hydrogen-bond donors (Lipinski definition) is 0. The van der Waals surface area contributed by atoms with Gasteiger partial charge in [-0.25, -0.2) is 0 Å². The second-order valence-electron chi connectivity index (χ2n) is 5.47. The molecule has 0 spiro atoms. The van der Waals surface area contributed by atoms with Crippen molar-refractivity contribution in [1.82, 2.24) is 4.90 Å². The minimum atomic E-state index is 0.120. The molecule has 4 heteroatoms. The number of carbonyl (C=O) groups is 1. The van der Waals surface area contributed by atoms with Crippen LogP contribution in [-0.4, -0.2) is 24.5 Å². The van der Waals surface area contributed by atoms with Crippen molar-refractivity contribution in [3.63, 3.8) is 0 Å². The molecule has 0 unspecified atom stereocenters. The predicted octanol–water partition coefficient (Wildman–Crippen LogP) is 3.48. The van der Waals surface area contributed by atoms with Gasteiger partial charge in [-0.15, -0.1) is 0 Å². The summed E-state index contributed by atoms with van der Waals surface area (Å²) in [4.78, 5) is 14.4. The summed E-state index contributed by atoms with van der Waals surface area (Å²) >= 11 is 6.14. The summed E-state index contributed by atoms with van der Waals surface area (Å²) in [6.07, 6.45) is 1.21. The van der Waals surface area contributed by atoms with Gasteiger partial charge in [0.1, 0.15) is 5.75 Å². The number of methoxy groups -OCH3 is 1. The van der Waals surface area contributed by atoms with E-state index in [1.807, 2.05) is 41.3 Å². The minimum Gasteiger partial charge on any atom is -0.497 e. The molecule has 0 saturated heterocycles. The van der Waals surface area contributed by atoms with Crippen LogP contribution in [0.3, 0.4) is 0 Å². The van der Waals surface area contributed by atoms with E-state index in [1.165, 1.54) is 11.1 Å². The maximum absolute atomic E-state index is 12.5.